The van der Waals surface area contributed by atoms with E-state index in [4.69, 9.17) is 0 Å². The summed E-state index contributed by atoms with van der Waals surface area (Å²) in [5.74, 6) is 0.802. The fourth-order valence-corrected chi connectivity index (χ4v) is 2.20. The Bertz CT molecular complexity index is 282. The Labute approximate surface area is 86.9 Å². The molecule has 0 radical (unpaired) electrons. The summed E-state index contributed by atoms with van der Waals surface area (Å²) in [6, 6.07) is 2.16. The van der Waals surface area contributed by atoms with Gasteiger partial charge in [-0.1, -0.05) is 0 Å². The van der Waals surface area contributed by atoms with E-state index in [1.807, 2.05) is 12.4 Å². The molecule has 1 fully saturated rings. The first-order valence-electron chi connectivity index (χ1n) is 4.65. The Morgan fingerprint density at radius 1 is 1.54 bits per heavy atom. The van der Waals surface area contributed by atoms with E-state index in [2.05, 4.69) is 32.3 Å². The molecule has 0 saturated carbocycles. The van der Waals surface area contributed by atoms with E-state index in [0.29, 0.717) is 0 Å². The summed E-state index contributed by atoms with van der Waals surface area (Å²) in [6.45, 7) is 2.33. The number of nitrogens with one attached hydrogen (secondary N) is 1. The molecule has 1 saturated heterocycles. The Morgan fingerprint density at radius 3 is 3.15 bits per heavy atom. The molecule has 1 N–H and O–H groups in total. The maximum atomic E-state index is 4.16. The van der Waals surface area contributed by atoms with Crippen molar-refractivity contribution in [2.24, 2.45) is 5.92 Å². The molecule has 1 unspecified atom stereocenters. The van der Waals surface area contributed by atoms with E-state index < -0.39 is 0 Å². The first kappa shape index (κ1) is 9.16. The van der Waals surface area contributed by atoms with Crippen LogP contribution >= 0.6 is 15.9 Å². The number of nitrogens with zero attached hydrogens (tertiary/aromatic N) is 1. The second-order valence-corrected chi connectivity index (χ2v) is 4.49. The predicted molar refractivity (Wildman–Crippen MR) is 56.6 cm³/mol. The standard InChI is InChI=1S/C10H13BrN2/c11-10-4-9(6-13-7-10)3-8-1-2-12-5-8/h4,6-8,12H,1-3,5H2. The van der Waals surface area contributed by atoms with Gasteiger partial charge in [0.05, 0.1) is 0 Å². The lowest BCUT2D eigenvalue weighted by Gasteiger charge is -2.07. The summed E-state index contributed by atoms with van der Waals surface area (Å²) in [7, 11) is 0. The van der Waals surface area contributed by atoms with E-state index in [1.165, 1.54) is 18.5 Å². The molecule has 0 spiro atoms. The van der Waals surface area contributed by atoms with Crippen molar-refractivity contribution in [3.05, 3.63) is 28.5 Å². The number of hydrogen-bond acceptors (Lipinski definition) is 2. The van der Waals surface area contributed by atoms with Gasteiger partial charge in [-0.05, 0) is 59.4 Å². The molecule has 1 aliphatic rings. The molecule has 2 heterocycles. The molecule has 1 atom stereocenters. The fraction of sp³-hybridized carbons (Fsp3) is 0.500. The summed E-state index contributed by atoms with van der Waals surface area (Å²) in [5, 5.41) is 3.38. The zero-order chi connectivity index (χ0) is 9.10. The maximum absolute atomic E-state index is 4.16. The lowest BCUT2D eigenvalue weighted by Crippen LogP contribution is -2.10. The van der Waals surface area contributed by atoms with Gasteiger partial charge in [0.1, 0.15) is 0 Å². The van der Waals surface area contributed by atoms with Gasteiger partial charge in [0.2, 0.25) is 0 Å². The molecule has 2 nitrogen and oxygen atoms in total. The van der Waals surface area contributed by atoms with E-state index in [9.17, 15) is 0 Å². The van der Waals surface area contributed by atoms with E-state index in [0.717, 1.165) is 23.4 Å². The molecule has 1 aromatic rings. The molecule has 3 heteroatoms. The van der Waals surface area contributed by atoms with E-state index in [1.54, 1.807) is 0 Å². The van der Waals surface area contributed by atoms with Crippen LogP contribution in [0.15, 0.2) is 22.9 Å². The minimum Gasteiger partial charge on any atom is -0.316 e. The SMILES string of the molecule is Brc1cncc(CC2CCNC2)c1. The molecule has 0 aliphatic carbocycles. The first-order chi connectivity index (χ1) is 6.34. The summed E-state index contributed by atoms with van der Waals surface area (Å²) >= 11 is 3.43. The number of pyridine rings is 1. The van der Waals surface area contributed by atoms with Crippen LogP contribution in [0.1, 0.15) is 12.0 Å². The largest absolute Gasteiger partial charge is 0.316 e. The highest BCUT2D eigenvalue weighted by atomic mass is 79.9. The summed E-state index contributed by atoms with van der Waals surface area (Å²) < 4.78 is 1.08. The van der Waals surface area contributed by atoms with Crippen molar-refractivity contribution in [1.82, 2.24) is 10.3 Å². The number of rotatable bonds is 2. The van der Waals surface area contributed by atoms with Crippen molar-refractivity contribution >= 4 is 15.9 Å². The van der Waals surface area contributed by atoms with Crippen molar-refractivity contribution in [2.45, 2.75) is 12.8 Å². The fourth-order valence-electron chi connectivity index (χ4n) is 1.79. The van der Waals surface area contributed by atoms with Crippen molar-refractivity contribution < 1.29 is 0 Å². The van der Waals surface area contributed by atoms with Crippen LogP contribution in [0.5, 0.6) is 0 Å². The van der Waals surface area contributed by atoms with Crippen LogP contribution in [0.4, 0.5) is 0 Å². The normalized spacial score (nSPS) is 22.1. The van der Waals surface area contributed by atoms with Gasteiger partial charge in [0.15, 0.2) is 0 Å². The van der Waals surface area contributed by atoms with Crippen LogP contribution in [0.3, 0.4) is 0 Å². The van der Waals surface area contributed by atoms with Crippen LogP contribution in [0.2, 0.25) is 0 Å². The van der Waals surface area contributed by atoms with Gasteiger partial charge in [-0.15, -0.1) is 0 Å². The molecular formula is C10H13BrN2. The zero-order valence-electron chi connectivity index (χ0n) is 7.46. The molecule has 2 rings (SSSR count). The van der Waals surface area contributed by atoms with Crippen molar-refractivity contribution in [2.75, 3.05) is 13.1 Å². The Morgan fingerprint density at radius 2 is 2.46 bits per heavy atom. The highest BCUT2D eigenvalue weighted by molar-refractivity contribution is 9.10. The first-order valence-corrected chi connectivity index (χ1v) is 5.44. The van der Waals surface area contributed by atoms with Gasteiger partial charge in [0.25, 0.3) is 0 Å². The summed E-state index contributed by atoms with van der Waals surface area (Å²) in [4.78, 5) is 4.16. The van der Waals surface area contributed by atoms with Gasteiger partial charge in [-0.3, -0.25) is 4.98 Å². The lowest BCUT2D eigenvalue weighted by molar-refractivity contribution is 0.579. The van der Waals surface area contributed by atoms with Crippen molar-refractivity contribution in [1.29, 1.82) is 0 Å². The van der Waals surface area contributed by atoms with Crippen LogP contribution in [-0.2, 0) is 6.42 Å². The molecule has 0 bridgehead atoms. The average molecular weight is 241 g/mol. The minimum absolute atomic E-state index is 0.802. The van der Waals surface area contributed by atoms with Crippen molar-refractivity contribution in [3.63, 3.8) is 0 Å². The highest BCUT2D eigenvalue weighted by Crippen LogP contribution is 2.17. The van der Waals surface area contributed by atoms with E-state index in [-0.39, 0.29) is 0 Å². The zero-order valence-corrected chi connectivity index (χ0v) is 9.05. The van der Waals surface area contributed by atoms with Gasteiger partial charge in [-0.25, -0.2) is 0 Å². The third-order valence-corrected chi connectivity index (χ3v) is 2.88. The molecule has 0 aromatic carbocycles. The van der Waals surface area contributed by atoms with Crippen LogP contribution < -0.4 is 5.32 Å². The number of halogens is 1. The maximum Gasteiger partial charge on any atom is 0.0410 e. The van der Waals surface area contributed by atoms with Crippen LogP contribution in [-0.4, -0.2) is 18.1 Å². The molecule has 13 heavy (non-hydrogen) atoms. The molecule has 70 valence electrons. The van der Waals surface area contributed by atoms with Gasteiger partial charge >= 0.3 is 0 Å². The predicted octanol–water partition coefficient (Wildman–Crippen LogP) is 2.00. The molecule has 1 aliphatic heterocycles. The Balaban J connectivity index is 2.00. The second kappa shape index (κ2) is 4.20. The number of aromatic nitrogens is 1. The third kappa shape index (κ3) is 2.51. The summed E-state index contributed by atoms with van der Waals surface area (Å²) in [5.41, 5.74) is 1.34. The average Bonchev–Trinajstić information content (AvgIpc) is 2.57. The van der Waals surface area contributed by atoms with Gasteiger partial charge in [-0.2, -0.15) is 0 Å². The minimum atomic E-state index is 0.802. The summed E-state index contributed by atoms with van der Waals surface area (Å²) in [6.07, 6.45) is 6.24. The Hall–Kier alpha value is -0.410. The van der Waals surface area contributed by atoms with E-state index >= 15 is 0 Å². The van der Waals surface area contributed by atoms with Gasteiger partial charge in [0, 0.05) is 16.9 Å². The molecule has 0 amide bonds. The van der Waals surface area contributed by atoms with Crippen LogP contribution in [0.25, 0.3) is 0 Å². The monoisotopic (exact) mass is 240 g/mol. The quantitative estimate of drug-likeness (QED) is 0.856. The Kier molecular flexibility index (Phi) is 2.96. The van der Waals surface area contributed by atoms with Gasteiger partial charge < -0.3 is 5.32 Å². The smallest absolute Gasteiger partial charge is 0.0410 e. The van der Waals surface area contributed by atoms with Crippen LogP contribution in [0, 0.1) is 5.92 Å². The second-order valence-electron chi connectivity index (χ2n) is 3.57. The highest BCUT2D eigenvalue weighted by Gasteiger charge is 2.14. The number of hydrogen-bond donors (Lipinski definition) is 1. The lowest BCUT2D eigenvalue weighted by atomic mass is 10.0. The molecular weight excluding hydrogens is 228 g/mol. The van der Waals surface area contributed by atoms with Crippen molar-refractivity contribution in [3.8, 4) is 0 Å². The third-order valence-electron chi connectivity index (χ3n) is 2.45. The topological polar surface area (TPSA) is 24.9 Å². The molecule has 1 aromatic heterocycles.